The molecule has 1 amide bonds. The highest BCUT2D eigenvalue weighted by Crippen LogP contribution is 2.34. The molecule has 160 valence electrons. The third kappa shape index (κ3) is 5.86. The Morgan fingerprint density at radius 1 is 1.37 bits per heavy atom. The van der Waals surface area contributed by atoms with E-state index in [2.05, 4.69) is 9.71 Å². The second-order valence-corrected chi connectivity index (χ2v) is 10.5. The maximum atomic E-state index is 13.1. The van der Waals surface area contributed by atoms with Crippen molar-refractivity contribution >= 4 is 67.6 Å². The molecular formula is C19H20ClN3O4S3. The molecule has 0 spiro atoms. The lowest BCUT2D eigenvalue weighted by molar-refractivity contribution is -0.113. The molecule has 0 atom stereocenters. The minimum Gasteiger partial charge on any atom is -0.495 e. The number of hydrogen-bond acceptors (Lipinski definition) is 7. The van der Waals surface area contributed by atoms with E-state index in [1.807, 2.05) is 17.5 Å². The highest BCUT2D eigenvalue weighted by molar-refractivity contribution is 8.14. The standard InChI is InChI=1S/C19H20ClN3O4S3/c1-27-17-7-6-13(11-15(17)20)23-18(24)16(12-14-5-3-9-28-14)22-19(23)29-10-4-8-21-30(2,25)26/h3,5-7,9,11-12,21H,4,8,10H2,1-2H3/b16-12-. The van der Waals surface area contributed by atoms with Gasteiger partial charge in [-0.25, -0.2) is 18.1 Å². The minimum atomic E-state index is -3.22. The molecule has 0 saturated heterocycles. The third-order valence-corrected chi connectivity index (χ3v) is 6.83. The van der Waals surface area contributed by atoms with Crippen molar-refractivity contribution in [1.82, 2.24) is 4.72 Å². The second-order valence-electron chi connectivity index (χ2n) is 6.27. The van der Waals surface area contributed by atoms with Crippen LogP contribution in [0.3, 0.4) is 0 Å². The number of benzene rings is 1. The quantitative estimate of drug-likeness (QED) is 0.453. The summed E-state index contributed by atoms with van der Waals surface area (Å²) in [6.07, 6.45) is 3.46. The van der Waals surface area contributed by atoms with Crippen molar-refractivity contribution < 1.29 is 17.9 Å². The van der Waals surface area contributed by atoms with Gasteiger partial charge in [-0.3, -0.25) is 9.69 Å². The summed E-state index contributed by atoms with van der Waals surface area (Å²) in [4.78, 5) is 20.1. The summed E-state index contributed by atoms with van der Waals surface area (Å²) in [5, 5.41) is 2.84. The lowest BCUT2D eigenvalue weighted by atomic mass is 10.2. The van der Waals surface area contributed by atoms with Gasteiger partial charge in [0.1, 0.15) is 11.4 Å². The number of ether oxygens (including phenoxy) is 1. The number of thiophene rings is 1. The summed E-state index contributed by atoms with van der Waals surface area (Å²) in [5.74, 6) is 0.849. The zero-order valence-corrected chi connectivity index (χ0v) is 19.5. The van der Waals surface area contributed by atoms with Crippen LogP contribution in [-0.2, 0) is 14.8 Å². The van der Waals surface area contributed by atoms with Crippen molar-refractivity contribution in [2.45, 2.75) is 6.42 Å². The minimum absolute atomic E-state index is 0.249. The third-order valence-electron chi connectivity index (χ3n) is 3.96. The van der Waals surface area contributed by atoms with Crippen LogP contribution >= 0.6 is 34.7 Å². The van der Waals surface area contributed by atoms with E-state index < -0.39 is 10.0 Å². The van der Waals surface area contributed by atoms with Gasteiger partial charge in [-0.2, -0.15) is 0 Å². The fraction of sp³-hybridized carbons (Fsp3) is 0.263. The summed E-state index contributed by atoms with van der Waals surface area (Å²) in [6, 6.07) is 8.93. The van der Waals surface area contributed by atoms with Crippen molar-refractivity contribution in [2.75, 3.05) is 30.6 Å². The maximum Gasteiger partial charge on any atom is 0.283 e. The van der Waals surface area contributed by atoms with Gasteiger partial charge in [0.25, 0.3) is 5.91 Å². The monoisotopic (exact) mass is 485 g/mol. The summed E-state index contributed by atoms with van der Waals surface area (Å²) >= 11 is 9.16. The molecule has 0 aliphatic carbocycles. The number of halogens is 1. The summed E-state index contributed by atoms with van der Waals surface area (Å²) in [6.45, 7) is 0.319. The molecule has 0 fully saturated rings. The first-order chi connectivity index (χ1) is 14.3. The molecular weight excluding hydrogens is 466 g/mol. The van der Waals surface area contributed by atoms with Crippen LogP contribution in [0.4, 0.5) is 5.69 Å². The molecule has 7 nitrogen and oxygen atoms in total. The number of amidine groups is 1. The maximum absolute atomic E-state index is 13.1. The van der Waals surface area contributed by atoms with Gasteiger partial charge in [0.15, 0.2) is 5.17 Å². The average Bonchev–Trinajstić information content (AvgIpc) is 3.29. The molecule has 1 aromatic heterocycles. The molecule has 3 rings (SSSR count). The van der Waals surface area contributed by atoms with Gasteiger partial charge < -0.3 is 4.74 Å². The Morgan fingerprint density at radius 3 is 2.80 bits per heavy atom. The molecule has 0 bridgehead atoms. The topological polar surface area (TPSA) is 88.1 Å². The SMILES string of the molecule is COc1ccc(N2C(=O)/C(=C/c3cccs3)N=C2SCCCNS(C)(=O)=O)cc1Cl. The summed E-state index contributed by atoms with van der Waals surface area (Å²) < 4.78 is 30.0. The van der Waals surface area contributed by atoms with Gasteiger partial charge in [0.2, 0.25) is 10.0 Å². The Labute approximate surface area is 188 Å². The van der Waals surface area contributed by atoms with E-state index in [9.17, 15) is 13.2 Å². The van der Waals surface area contributed by atoms with E-state index >= 15 is 0 Å². The highest BCUT2D eigenvalue weighted by atomic mass is 35.5. The first-order valence-electron chi connectivity index (χ1n) is 8.88. The van der Waals surface area contributed by atoms with Crippen molar-refractivity contribution in [3.63, 3.8) is 0 Å². The van der Waals surface area contributed by atoms with Crippen LogP contribution in [0.25, 0.3) is 6.08 Å². The van der Waals surface area contributed by atoms with Crippen LogP contribution in [-0.4, -0.2) is 45.2 Å². The number of carbonyl (C=O) groups excluding carboxylic acids is 1. The molecule has 1 aliphatic rings. The number of rotatable bonds is 8. The lowest BCUT2D eigenvalue weighted by Crippen LogP contribution is -2.30. The largest absolute Gasteiger partial charge is 0.495 e. The highest BCUT2D eigenvalue weighted by Gasteiger charge is 2.32. The predicted molar refractivity (Wildman–Crippen MR) is 125 cm³/mol. The van der Waals surface area contributed by atoms with E-state index in [0.717, 1.165) is 11.1 Å². The number of nitrogens with zero attached hydrogens (tertiary/aromatic N) is 2. The number of aliphatic imine (C=N–C) groups is 1. The van der Waals surface area contributed by atoms with Crippen LogP contribution < -0.4 is 14.4 Å². The number of hydrogen-bond donors (Lipinski definition) is 1. The van der Waals surface area contributed by atoms with Gasteiger partial charge in [-0.15, -0.1) is 11.3 Å². The Bertz CT molecular complexity index is 1080. The molecule has 1 aliphatic heterocycles. The first kappa shape index (κ1) is 22.8. The summed E-state index contributed by atoms with van der Waals surface area (Å²) in [5.41, 5.74) is 0.919. The number of sulfonamides is 1. The Balaban J connectivity index is 1.82. The number of anilines is 1. The molecule has 1 aromatic carbocycles. The van der Waals surface area contributed by atoms with Gasteiger partial charge in [-0.05, 0) is 42.1 Å². The molecule has 30 heavy (non-hydrogen) atoms. The Hall–Kier alpha value is -1.85. The average molecular weight is 486 g/mol. The van der Waals surface area contributed by atoms with Crippen molar-refractivity contribution in [1.29, 1.82) is 0 Å². The first-order valence-corrected chi connectivity index (χ1v) is 13.0. The molecule has 0 unspecified atom stereocenters. The van der Waals surface area contributed by atoms with Crippen molar-refractivity contribution in [3.05, 3.63) is 51.3 Å². The van der Waals surface area contributed by atoms with Crippen molar-refractivity contribution in [2.24, 2.45) is 4.99 Å². The smallest absolute Gasteiger partial charge is 0.283 e. The van der Waals surface area contributed by atoms with Crippen LogP contribution in [0.5, 0.6) is 5.75 Å². The molecule has 1 N–H and O–H groups in total. The fourth-order valence-corrected chi connectivity index (χ4v) is 4.99. The van der Waals surface area contributed by atoms with Crippen LogP contribution in [0.2, 0.25) is 5.02 Å². The number of amides is 1. The molecule has 2 aromatic rings. The van der Waals surface area contributed by atoms with Crippen LogP contribution in [0, 0.1) is 0 Å². The normalized spacial score (nSPS) is 15.7. The van der Waals surface area contributed by atoms with E-state index in [-0.39, 0.29) is 5.91 Å². The number of methoxy groups -OCH3 is 1. The van der Waals surface area contributed by atoms with E-state index in [1.165, 1.54) is 35.1 Å². The van der Waals surface area contributed by atoms with E-state index in [4.69, 9.17) is 16.3 Å². The molecule has 11 heteroatoms. The zero-order chi connectivity index (χ0) is 21.7. The predicted octanol–water partition coefficient (Wildman–Crippen LogP) is 3.83. The van der Waals surface area contributed by atoms with Gasteiger partial charge in [0.05, 0.1) is 24.1 Å². The van der Waals surface area contributed by atoms with Gasteiger partial charge >= 0.3 is 0 Å². The Kier molecular flexibility index (Phi) is 7.59. The number of thioether (sulfide) groups is 1. The van der Waals surface area contributed by atoms with Crippen LogP contribution in [0.1, 0.15) is 11.3 Å². The Morgan fingerprint density at radius 2 is 2.17 bits per heavy atom. The van der Waals surface area contributed by atoms with Gasteiger partial charge in [0, 0.05) is 17.2 Å². The summed E-state index contributed by atoms with van der Waals surface area (Å²) in [7, 11) is -1.70. The van der Waals surface area contributed by atoms with E-state index in [1.54, 1.807) is 24.3 Å². The zero-order valence-electron chi connectivity index (χ0n) is 16.3. The number of carbonyl (C=O) groups is 1. The molecule has 0 saturated carbocycles. The second kappa shape index (κ2) is 9.97. The molecule has 2 heterocycles. The number of nitrogens with one attached hydrogen (secondary N) is 1. The molecule has 0 radical (unpaired) electrons. The van der Waals surface area contributed by atoms with Crippen molar-refractivity contribution in [3.8, 4) is 5.75 Å². The fourth-order valence-electron chi connectivity index (χ4n) is 2.62. The lowest BCUT2D eigenvalue weighted by Gasteiger charge is -2.18. The van der Waals surface area contributed by atoms with E-state index in [0.29, 0.717) is 46.0 Å². The van der Waals surface area contributed by atoms with Crippen LogP contribution in [0.15, 0.2) is 46.4 Å². The van der Waals surface area contributed by atoms with Gasteiger partial charge in [-0.1, -0.05) is 29.4 Å².